The molecule has 1 saturated heterocycles. The predicted molar refractivity (Wildman–Crippen MR) is 84.0 cm³/mol. The van der Waals surface area contributed by atoms with Crippen molar-refractivity contribution in [3.05, 3.63) is 46.2 Å². The van der Waals surface area contributed by atoms with Gasteiger partial charge in [0.25, 0.3) is 5.91 Å². The molecule has 1 aromatic heterocycles. The Morgan fingerprint density at radius 1 is 1.48 bits per heavy atom. The van der Waals surface area contributed by atoms with Gasteiger partial charge in [-0.1, -0.05) is 0 Å². The van der Waals surface area contributed by atoms with Crippen LogP contribution in [0.3, 0.4) is 0 Å². The van der Waals surface area contributed by atoms with E-state index < -0.39 is 0 Å². The van der Waals surface area contributed by atoms with Crippen molar-refractivity contribution < 1.29 is 18.7 Å². The molecule has 122 valence electrons. The lowest BCUT2D eigenvalue weighted by Crippen LogP contribution is -2.45. The maximum Gasteiger partial charge on any atom is 0.261 e. The second-order valence-corrected chi connectivity index (χ2v) is 6.27. The summed E-state index contributed by atoms with van der Waals surface area (Å²) in [4.78, 5) is 18.7. The van der Waals surface area contributed by atoms with E-state index in [0.717, 1.165) is 10.7 Å². The molecule has 1 atom stereocenters. The highest BCUT2D eigenvalue weighted by molar-refractivity contribution is 7.09. The topological polar surface area (TPSA) is 51.7 Å². The molecule has 1 amide bonds. The van der Waals surface area contributed by atoms with E-state index in [1.807, 2.05) is 12.3 Å². The molecule has 2 aromatic rings. The fourth-order valence-corrected chi connectivity index (χ4v) is 3.10. The zero-order chi connectivity index (χ0) is 16.2. The number of ether oxygens (including phenoxy) is 2. The molecule has 1 fully saturated rings. The molecule has 0 bridgehead atoms. The summed E-state index contributed by atoms with van der Waals surface area (Å²) in [7, 11) is 0. The molecule has 1 aromatic carbocycles. The average Bonchev–Trinajstić information content (AvgIpc) is 3.00. The molecule has 1 unspecified atom stereocenters. The Bertz CT molecular complexity index is 674. The van der Waals surface area contributed by atoms with E-state index in [9.17, 15) is 9.18 Å². The summed E-state index contributed by atoms with van der Waals surface area (Å²) in [5, 5.41) is 2.91. The minimum Gasteiger partial charge on any atom is -0.484 e. The number of carbonyl (C=O) groups excluding carboxylic acids is 1. The van der Waals surface area contributed by atoms with Gasteiger partial charge in [0.15, 0.2) is 6.61 Å². The zero-order valence-corrected chi connectivity index (χ0v) is 13.5. The maximum atomic E-state index is 12.9. The van der Waals surface area contributed by atoms with Crippen LogP contribution in [0.2, 0.25) is 0 Å². The molecule has 1 aliphatic rings. The van der Waals surface area contributed by atoms with E-state index in [0.29, 0.717) is 25.5 Å². The van der Waals surface area contributed by atoms with Gasteiger partial charge in [0.1, 0.15) is 11.6 Å². The van der Waals surface area contributed by atoms with Crippen molar-refractivity contribution in [2.24, 2.45) is 0 Å². The largest absolute Gasteiger partial charge is 0.484 e. The second-order valence-electron chi connectivity index (χ2n) is 5.21. The Balaban J connectivity index is 1.65. The lowest BCUT2D eigenvalue weighted by Gasteiger charge is -2.34. The SMILES string of the molecule is Cc1nc(C2COCCN2C(=O)COc2ccc(F)cc2)cs1. The molecule has 0 spiro atoms. The highest BCUT2D eigenvalue weighted by Crippen LogP contribution is 2.25. The predicted octanol–water partition coefficient (Wildman–Crippen LogP) is 2.57. The first-order chi connectivity index (χ1) is 11.1. The van der Waals surface area contributed by atoms with Gasteiger partial charge in [-0.25, -0.2) is 9.37 Å². The number of nitrogens with zero attached hydrogens (tertiary/aromatic N) is 2. The van der Waals surface area contributed by atoms with Gasteiger partial charge < -0.3 is 14.4 Å². The molecule has 2 heterocycles. The van der Waals surface area contributed by atoms with E-state index >= 15 is 0 Å². The Labute approximate surface area is 137 Å². The van der Waals surface area contributed by atoms with Crippen LogP contribution in [0.1, 0.15) is 16.7 Å². The summed E-state index contributed by atoms with van der Waals surface area (Å²) >= 11 is 1.55. The van der Waals surface area contributed by atoms with Gasteiger partial charge in [-0.3, -0.25) is 4.79 Å². The maximum absolute atomic E-state index is 12.9. The molecule has 3 rings (SSSR count). The van der Waals surface area contributed by atoms with Crippen LogP contribution < -0.4 is 4.74 Å². The van der Waals surface area contributed by atoms with E-state index in [-0.39, 0.29) is 24.4 Å². The standard InChI is InChI=1S/C16H17FN2O3S/c1-11-18-14(10-23-11)15-8-21-7-6-19(15)16(20)9-22-13-4-2-12(17)3-5-13/h2-5,10,15H,6-9H2,1H3. The fraction of sp³-hybridized carbons (Fsp3) is 0.375. The summed E-state index contributed by atoms with van der Waals surface area (Å²) in [6.45, 7) is 3.28. The smallest absolute Gasteiger partial charge is 0.261 e. The first-order valence-corrected chi connectivity index (χ1v) is 8.19. The summed E-state index contributed by atoms with van der Waals surface area (Å²) in [5.74, 6) is -0.00170. The number of thiazole rings is 1. The number of hydrogen-bond donors (Lipinski definition) is 0. The summed E-state index contributed by atoms with van der Waals surface area (Å²) in [6.07, 6.45) is 0. The Morgan fingerprint density at radius 3 is 2.96 bits per heavy atom. The number of aryl methyl sites for hydroxylation is 1. The van der Waals surface area contributed by atoms with Crippen LogP contribution >= 0.6 is 11.3 Å². The fourth-order valence-electron chi connectivity index (χ4n) is 2.44. The van der Waals surface area contributed by atoms with Crippen molar-refractivity contribution >= 4 is 17.2 Å². The average molecular weight is 336 g/mol. The molecule has 0 aliphatic carbocycles. The van der Waals surface area contributed by atoms with E-state index in [2.05, 4.69) is 4.98 Å². The second kappa shape index (κ2) is 7.06. The van der Waals surface area contributed by atoms with Crippen LogP contribution in [0.15, 0.2) is 29.6 Å². The molecular weight excluding hydrogens is 319 g/mol. The highest BCUT2D eigenvalue weighted by Gasteiger charge is 2.30. The molecule has 0 saturated carbocycles. The zero-order valence-electron chi connectivity index (χ0n) is 12.7. The van der Waals surface area contributed by atoms with Crippen LogP contribution in [0.5, 0.6) is 5.75 Å². The third-order valence-electron chi connectivity index (χ3n) is 3.60. The number of hydrogen-bond acceptors (Lipinski definition) is 5. The van der Waals surface area contributed by atoms with Crippen molar-refractivity contribution in [2.75, 3.05) is 26.4 Å². The Kier molecular flexibility index (Phi) is 4.88. The normalized spacial score (nSPS) is 18.0. The lowest BCUT2D eigenvalue weighted by atomic mass is 10.1. The number of amides is 1. The first kappa shape index (κ1) is 15.9. The van der Waals surface area contributed by atoms with Crippen LogP contribution in [0.25, 0.3) is 0 Å². The van der Waals surface area contributed by atoms with Gasteiger partial charge in [0, 0.05) is 11.9 Å². The van der Waals surface area contributed by atoms with Crippen molar-refractivity contribution in [3.63, 3.8) is 0 Å². The minimum atomic E-state index is -0.337. The Morgan fingerprint density at radius 2 is 2.26 bits per heavy atom. The summed E-state index contributed by atoms with van der Waals surface area (Å²) in [6, 6.07) is 5.43. The number of aromatic nitrogens is 1. The quantitative estimate of drug-likeness (QED) is 0.861. The molecule has 23 heavy (non-hydrogen) atoms. The van der Waals surface area contributed by atoms with Crippen molar-refractivity contribution in [2.45, 2.75) is 13.0 Å². The summed E-state index contributed by atoms with van der Waals surface area (Å²) in [5.41, 5.74) is 0.849. The number of carbonyl (C=O) groups is 1. The molecule has 0 radical (unpaired) electrons. The Hall–Kier alpha value is -1.99. The number of rotatable bonds is 4. The molecule has 1 aliphatic heterocycles. The van der Waals surface area contributed by atoms with E-state index in [4.69, 9.17) is 9.47 Å². The first-order valence-electron chi connectivity index (χ1n) is 7.31. The van der Waals surface area contributed by atoms with E-state index in [1.165, 1.54) is 24.3 Å². The number of halogens is 1. The van der Waals surface area contributed by atoms with Gasteiger partial charge in [-0.15, -0.1) is 11.3 Å². The van der Waals surface area contributed by atoms with Gasteiger partial charge in [0.05, 0.1) is 30.0 Å². The van der Waals surface area contributed by atoms with Crippen LogP contribution in [-0.4, -0.2) is 42.2 Å². The van der Waals surface area contributed by atoms with Gasteiger partial charge in [-0.2, -0.15) is 0 Å². The van der Waals surface area contributed by atoms with Crippen molar-refractivity contribution in [3.8, 4) is 5.75 Å². The molecular formula is C16H17FN2O3S. The van der Waals surface area contributed by atoms with Crippen molar-refractivity contribution in [1.82, 2.24) is 9.88 Å². The summed E-state index contributed by atoms with van der Waals surface area (Å²) < 4.78 is 23.8. The lowest BCUT2D eigenvalue weighted by molar-refractivity contribution is -0.142. The van der Waals surface area contributed by atoms with E-state index in [1.54, 1.807) is 16.2 Å². The molecule has 0 N–H and O–H groups in total. The third kappa shape index (κ3) is 3.86. The molecule has 5 nitrogen and oxygen atoms in total. The minimum absolute atomic E-state index is 0.0920. The highest BCUT2D eigenvalue weighted by atomic mass is 32.1. The van der Waals surface area contributed by atoms with Gasteiger partial charge in [-0.05, 0) is 31.2 Å². The van der Waals surface area contributed by atoms with Gasteiger partial charge in [0.2, 0.25) is 0 Å². The third-order valence-corrected chi connectivity index (χ3v) is 4.39. The van der Waals surface area contributed by atoms with Crippen LogP contribution in [0, 0.1) is 12.7 Å². The van der Waals surface area contributed by atoms with Crippen LogP contribution in [-0.2, 0) is 9.53 Å². The number of morpholine rings is 1. The van der Waals surface area contributed by atoms with Gasteiger partial charge >= 0.3 is 0 Å². The monoisotopic (exact) mass is 336 g/mol. The van der Waals surface area contributed by atoms with Crippen LogP contribution in [0.4, 0.5) is 4.39 Å². The van der Waals surface area contributed by atoms with Crippen molar-refractivity contribution in [1.29, 1.82) is 0 Å². The number of benzene rings is 1. The molecule has 7 heteroatoms.